The monoisotopic (exact) mass is 296 g/mol. The van der Waals surface area contributed by atoms with Gasteiger partial charge >= 0.3 is 5.97 Å². The van der Waals surface area contributed by atoms with Crippen LogP contribution < -0.4 is 0 Å². The van der Waals surface area contributed by atoms with E-state index in [0.29, 0.717) is 19.1 Å². The van der Waals surface area contributed by atoms with Crippen LogP contribution in [0.4, 0.5) is 0 Å². The van der Waals surface area contributed by atoms with Crippen LogP contribution in [-0.2, 0) is 14.4 Å². The minimum atomic E-state index is -0.906. The number of aliphatic carboxylic acids is 1. The molecule has 6 nitrogen and oxygen atoms in total. The summed E-state index contributed by atoms with van der Waals surface area (Å²) in [5.41, 5.74) is 0. The summed E-state index contributed by atoms with van der Waals surface area (Å²) in [5.74, 6) is -1.20. The molecule has 1 aliphatic carbocycles. The fourth-order valence-corrected chi connectivity index (χ4v) is 3.38. The van der Waals surface area contributed by atoms with Crippen LogP contribution in [0.5, 0.6) is 0 Å². The molecule has 6 heteroatoms. The fraction of sp³-hybridized carbons (Fsp3) is 0.800. The van der Waals surface area contributed by atoms with E-state index in [1.165, 1.54) is 0 Å². The summed E-state index contributed by atoms with van der Waals surface area (Å²) in [6.45, 7) is 3.05. The average molecular weight is 296 g/mol. The quantitative estimate of drug-likeness (QED) is 0.796. The predicted octanol–water partition coefficient (Wildman–Crippen LogP) is 1.10. The number of amides is 2. The zero-order valence-electron chi connectivity index (χ0n) is 12.6. The van der Waals surface area contributed by atoms with E-state index in [-0.39, 0.29) is 37.1 Å². The minimum absolute atomic E-state index is 0.0490. The normalized spacial score (nSPS) is 22.8. The molecule has 0 aromatic heterocycles. The maximum atomic E-state index is 12.4. The highest BCUT2D eigenvalue weighted by molar-refractivity contribution is 5.89. The summed E-state index contributed by atoms with van der Waals surface area (Å²) < 4.78 is 0. The standard InChI is InChI=1S/C15H24N2O4/c1-2-16(8-7-14(19)20)15(21)11-9-13(18)17(10-11)12-5-3-4-6-12/h11-12H,2-10H2,1H3,(H,19,20)/t11-/m1/s1. The van der Waals surface area contributed by atoms with Crippen molar-refractivity contribution in [3.05, 3.63) is 0 Å². The SMILES string of the molecule is CCN(CCC(=O)O)C(=O)[C@@H]1CC(=O)N(C2CCCC2)C1. The van der Waals surface area contributed by atoms with Gasteiger partial charge in [0.1, 0.15) is 0 Å². The first-order valence-electron chi connectivity index (χ1n) is 7.83. The minimum Gasteiger partial charge on any atom is -0.481 e. The Labute approximate surface area is 125 Å². The van der Waals surface area contributed by atoms with E-state index in [0.717, 1.165) is 25.7 Å². The third-order valence-corrected chi connectivity index (χ3v) is 4.56. The van der Waals surface area contributed by atoms with Crippen molar-refractivity contribution >= 4 is 17.8 Å². The van der Waals surface area contributed by atoms with Crippen molar-refractivity contribution in [3.8, 4) is 0 Å². The van der Waals surface area contributed by atoms with Crippen molar-refractivity contribution in [3.63, 3.8) is 0 Å². The van der Waals surface area contributed by atoms with Gasteiger partial charge in [-0.2, -0.15) is 0 Å². The fourth-order valence-electron chi connectivity index (χ4n) is 3.38. The summed E-state index contributed by atoms with van der Waals surface area (Å²) >= 11 is 0. The number of carbonyl (C=O) groups is 3. The number of hydrogen-bond acceptors (Lipinski definition) is 3. The Hall–Kier alpha value is -1.59. The first-order valence-corrected chi connectivity index (χ1v) is 7.83. The molecule has 1 saturated heterocycles. The van der Waals surface area contributed by atoms with Crippen molar-refractivity contribution in [2.75, 3.05) is 19.6 Å². The Morgan fingerprint density at radius 3 is 2.57 bits per heavy atom. The lowest BCUT2D eigenvalue weighted by Crippen LogP contribution is -2.40. The summed E-state index contributed by atoms with van der Waals surface area (Å²) in [7, 11) is 0. The molecule has 2 rings (SSSR count). The summed E-state index contributed by atoms with van der Waals surface area (Å²) in [4.78, 5) is 38.6. The molecular formula is C15H24N2O4. The maximum absolute atomic E-state index is 12.4. The van der Waals surface area contributed by atoms with E-state index in [1.807, 2.05) is 11.8 Å². The van der Waals surface area contributed by atoms with E-state index in [4.69, 9.17) is 5.11 Å². The molecule has 21 heavy (non-hydrogen) atoms. The second-order valence-corrected chi connectivity index (χ2v) is 5.95. The molecule has 0 spiro atoms. The van der Waals surface area contributed by atoms with Crippen LogP contribution in [0.25, 0.3) is 0 Å². The Kier molecular flexibility index (Phi) is 5.20. The highest BCUT2D eigenvalue weighted by atomic mass is 16.4. The molecule has 0 unspecified atom stereocenters. The molecule has 1 aliphatic heterocycles. The number of rotatable bonds is 6. The summed E-state index contributed by atoms with van der Waals surface area (Å²) in [6, 6.07) is 0.310. The Bertz CT molecular complexity index is 418. The second kappa shape index (κ2) is 6.91. The molecule has 1 atom stereocenters. The lowest BCUT2D eigenvalue weighted by atomic mass is 10.1. The number of carboxylic acids is 1. The van der Waals surface area contributed by atoms with Gasteiger partial charge in [-0.3, -0.25) is 14.4 Å². The van der Waals surface area contributed by atoms with Gasteiger partial charge < -0.3 is 14.9 Å². The lowest BCUT2D eigenvalue weighted by Gasteiger charge is -2.26. The van der Waals surface area contributed by atoms with Gasteiger partial charge in [0.25, 0.3) is 0 Å². The number of hydrogen-bond donors (Lipinski definition) is 1. The van der Waals surface area contributed by atoms with Crippen LogP contribution in [-0.4, -0.2) is 58.4 Å². The molecule has 1 heterocycles. The number of nitrogens with zero attached hydrogens (tertiary/aromatic N) is 2. The van der Waals surface area contributed by atoms with Gasteiger partial charge in [-0.15, -0.1) is 0 Å². The van der Waals surface area contributed by atoms with Crippen LogP contribution >= 0.6 is 0 Å². The average Bonchev–Trinajstić information content (AvgIpc) is 3.07. The van der Waals surface area contributed by atoms with Gasteiger partial charge in [-0.1, -0.05) is 12.8 Å². The first-order chi connectivity index (χ1) is 10.0. The summed E-state index contributed by atoms with van der Waals surface area (Å²) in [5, 5.41) is 8.73. The number of carbonyl (C=O) groups excluding carboxylic acids is 2. The second-order valence-electron chi connectivity index (χ2n) is 5.95. The van der Waals surface area contributed by atoms with Crippen molar-refractivity contribution in [2.24, 2.45) is 5.92 Å². The van der Waals surface area contributed by atoms with Crippen LogP contribution in [0, 0.1) is 5.92 Å². The molecule has 1 N–H and O–H groups in total. The Balaban J connectivity index is 1.93. The number of carboxylic acid groups (broad SMARTS) is 1. The Morgan fingerprint density at radius 1 is 1.33 bits per heavy atom. The largest absolute Gasteiger partial charge is 0.481 e. The number of likely N-dealkylation sites (tertiary alicyclic amines) is 1. The molecule has 0 radical (unpaired) electrons. The van der Waals surface area contributed by atoms with Crippen LogP contribution in [0.3, 0.4) is 0 Å². The van der Waals surface area contributed by atoms with Gasteiger partial charge in [0.2, 0.25) is 11.8 Å². The van der Waals surface area contributed by atoms with Crippen LogP contribution in [0.15, 0.2) is 0 Å². The highest BCUT2D eigenvalue weighted by Crippen LogP contribution is 2.30. The van der Waals surface area contributed by atoms with Crippen LogP contribution in [0.1, 0.15) is 45.4 Å². The van der Waals surface area contributed by atoms with Gasteiger partial charge in [-0.05, 0) is 19.8 Å². The smallest absolute Gasteiger partial charge is 0.305 e. The lowest BCUT2D eigenvalue weighted by molar-refractivity contribution is -0.140. The maximum Gasteiger partial charge on any atom is 0.305 e. The zero-order chi connectivity index (χ0) is 15.4. The molecule has 0 aromatic rings. The van der Waals surface area contributed by atoms with Gasteiger partial charge in [0, 0.05) is 32.1 Å². The van der Waals surface area contributed by atoms with Crippen molar-refractivity contribution < 1.29 is 19.5 Å². The molecule has 0 bridgehead atoms. The van der Waals surface area contributed by atoms with Crippen molar-refractivity contribution in [1.29, 1.82) is 0 Å². The van der Waals surface area contributed by atoms with Gasteiger partial charge in [0.15, 0.2) is 0 Å². The molecule has 118 valence electrons. The van der Waals surface area contributed by atoms with E-state index in [9.17, 15) is 14.4 Å². The van der Waals surface area contributed by atoms with Crippen molar-refractivity contribution in [1.82, 2.24) is 9.80 Å². The van der Waals surface area contributed by atoms with Gasteiger partial charge in [0.05, 0.1) is 12.3 Å². The van der Waals surface area contributed by atoms with Crippen LogP contribution in [0.2, 0.25) is 0 Å². The van der Waals surface area contributed by atoms with E-state index >= 15 is 0 Å². The first kappa shape index (κ1) is 15.8. The molecule has 1 saturated carbocycles. The zero-order valence-corrected chi connectivity index (χ0v) is 12.6. The summed E-state index contributed by atoms with van der Waals surface area (Å²) in [6.07, 6.45) is 4.64. The van der Waals surface area contributed by atoms with E-state index in [1.54, 1.807) is 4.90 Å². The van der Waals surface area contributed by atoms with E-state index < -0.39 is 5.97 Å². The molecule has 2 aliphatic rings. The Morgan fingerprint density at radius 2 is 2.00 bits per heavy atom. The molecular weight excluding hydrogens is 272 g/mol. The van der Waals surface area contributed by atoms with Crippen molar-refractivity contribution in [2.45, 2.75) is 51.5 Å². The van der Waals surface area contributed by atoms with Gasteiger partial charge in [-0.25, -0.2) is 0 Å². The third-order valence-electron chi connectivity index (χ3n) is 4.56. The molecule has 0 aromatic carbocycles. The molecule has 2 amide bonds. The highest BCUT2D eigenvalue weighted by Gasteiger charge is 2.39. The van der Waals surface area contributed by atoms with E-state index in [2.05, 4.69) is 0 Å². The predicted molar refractivity (Wildman–Crippen MR) is 76.6 cm³/mol. The molecule has 2 fully saturated rings. The topological polar surface area (TPSA) is 77.9 Å². The third kappa shape index (κ3) is 3.74.